The molecule has 2 aliphatic rings. The van der Waals surface area contributed by atoms with Crippen LogP contribution in [0.5, 0.6) is 0 Å². The number of nitrogens with zero attached hydrogens (tertiary/aromatic N) is 1. The van der Waals surface area contributed by atoms with Crippen molar-refractivity contribution >= 4 is 17.2 Å². The standard InChI is InChI=1S/C17H23NO4S/c1-2-21-17-12(5-3-9-19)13(15-6-4-10-23-15)11-14(22-17)16(20)18-7-8-18/h4,6,10-13,17,19H,2-3,5,7-9H2,1H3/t12-,13+,17-/m1/s1. The lowest BCUT2D eigenvalue weighted by atomic mass is 9.84. The highest BCUT2D eigenvalue weighted by molar-refractivity contribution is 7.10. The first-order chi connectivity index (χ1) is 11.2. The molecule has 0 radical (unpaired) electrons. The molecule has 1 amide bonds. The Balaban J connectivity index is 1.89. The van der Waals surface area contributed by atoms with Gasteiger partial charge in [-0.25, -0.2) is 0 Å². The van der Waals surface area contributed by atoms with Crippen LogP contribution in [0.2, 0.25) is 0 Å². The predicted molar refractivity (Wildman–Crippen MR) is 88.0 cm³/mol. The van der Waals surface area contributed by atoms with Gasteiger partial charge in [0.1, 0.15) is 0 Å². The summed E-state index contributed by atoms with van der Waals surface area (Å²) in [6, 6.07) is 4.11. The minimum Gasteiger partial charge on any atom is -0.459 e. The third-order valence-electron chi connectivity index (χ3n) is 4.23. The van der Waals surface area contributed by atoms with Gasteiger partial charge in [0.05, 0.1) is 0 Å². The molecule has 5 nitrogen and oxygen atoms in total. The predicted octanol–water partition coefficient (Wildman–Crippen LogP) is 2.34. The molecule has 6 heteroatoms. The van der Waals surface area contributed by atoms with Crippen LogP contribution in [0.1, 0.15) is 30.6 Å². The molecular weight excluding hydrogens is 314 g/mol. The van der Waals surface area contributed by atoms with Crippen LogP contribution in [0.25, 0.3) is 0 Å². The van der Waals surface area contributed by atoms with Crippen molar-refractivity contribution in [1.82, 2.24) is 4.90 Å². The first-order valence-corrected chi connectivity index (χ1v) is 9.06. The minimum absolute atomic E-state index is 0.0446. The van der Waals surface area contributed by atoms with Crippen LogP contribution in [0.3, 0.4) is 0 Å². The van der Waals surface area contributed by atoms with Gasteiger partial charge in [0, 0.05) is 43.0 Å². The summed E-state index contributed by atoms with van der Waals surface area (Å²) in [6.07, 6.45) is 3.00. The van der Waals surface area contributed by atoms with Crippen molar-refractivity contribution < 1.29 is 19.4 Å². The Morgan fingerprint density at radius 1 is 1.52 bits per heavy atom. The third kappa shape index (κ3) is 3.76. The van der Waals surface area contributed by atoms with Crippen LogP contribution in [0.4, 0.5) is 0 Å². The molecule has 1 saturated heterocycles. The first kappa shape index (κ1) is 16.5. The van der Waals surface area contributed by atoms with E-state index in [9.17, 15) is 9.90 Å². The van der Waals surface area contributed by atoms with Crippen LogP contribution >= 0.6 is 11.3 Å². The lowest BCUT2D eigenvalue weighted by Crippen LogP contribution is -2.37. The Labute approximate surface area is 140 Å². The SMILES string of the molecule is CCO[C@@H]1OC(C(=O)N2CC2)=C[C@H](c2cccs2)[C@H]1CCCO. The molecule has 0 bridgehead atoms. The van der Waals surface area contributed by atoms with Gasteiger partial charge in [-0.15, -0.1) is 11.3 Å². The molecule has 0 unspecified atom stereocenters. The number of hydrogen-bond donors (Lipinski definition) is 1. The molecule has 2 aliphatic heterocycles. The van der Waals surface area contributed by atoms with Gasteiger partial charge in [0.25, 0.3) is 5.91 Å². The number of ether oxygens (including phenoxy) is 2. The quantitative estimate of drug-likeness (QED) is 0.776. The van der Waals surface area contributed by atoms with Crippen LogP contribution < -0.4 is 0 Å². The van der Waals surface area contributed by atoms with E-state index in [1.165, 1.54) is 4.88 Å². The number of aliphatic hydroxyl groups is 1. The maximum atomic E-state index is 12.4. The van der Waals surface area contributed by atoms with Crippen molar-refractivity contribution in [2.24, 2.45) is 5.92 Å². The van der Waals surface area contributed by atoms with E-state index in [1.807, 2.05) is 24.4 Å². The van der Waals surface area contributed by atoms with Gasteiger partial charge in [-0.1, -0.05) is 6.07 Å². The fourth-order valence-electron chi connectivity index (χ4n) is 2.98. The van der Waals surface area contributed by atoms with Gasteiger partial charge < -0.3 is 19.5 Å². The minimum atomic E-state index is -0.442. The number of carbonyl (C=O) groups excluding carboxylic acids is 1. The number of hydrogen-bond acceptors (Lipinski definition) is 5. The number of amides is 1. The van der Waals surface area contributed by atoms with Crippen molar-refractivity contribution in [2.45, 2.75) is 32.0 Å². The fraction of sp³-hybridized carbons (Fsp3) is 0.588. The topological polar surface area (TPSA) is 58.8 Å². The molecule has 3 heterocycles. The number of carbonyl (C=O) groups is 1. The second-order valence-corrected chi connectivity index (χ2v) is 6.81. The Hall–Kier alpha value is -1.37. The highest BCUT2D eigenvalue weighted by Gasteiger charge is 2.40. The number of allylic oxidation sites excluding steroid dienone is 1. The van der Waals surface area contributed by atoms with Crippen LogP contribution in [0.15, 0.2) is 29.3 Å². The van der Waals surface area contributed by atoms with Gasteiger partial charge >= 0.3 is 0 Å². The normalized spacial score (nSPS) is 26.6. The lowest BCUT2D eigenvalue weighted by molar-refractivity contribution is -0.168. The molecule has 1 N–H and O–H groups in total. The van der Waals surface area contributed by atoms with Gasteiger partial charge in [0.2, 0.25) is 6.29 Å². The molecule has 1 fully saturated rings. The van der Waals surface area contributed by atoms with Crippen molar-refractivity contribution in [3.63, 3.8) is 0 Å². The number of aliphatic hydroxyl groups excluding tert-OH is 1. The van der Waals surface area contributed by atoms with E-state index < -0.39 is 6.29 Å². The lowest BCUT2D eigenvalue weighted by Gasteiger charge is -2.36. The second-order valence-electron chi connectivity index (χ2n) is 5.84. The third-order valence-corrected chi connectivity index (χ3v) is 5.20. The Kier molecular flexibility index (Phi) is 5.35. The van der Waals surface area contributed by atoms with Gasteiger partial charge in [0.15, 0.2) is 5.76 Å². The zero-order chi connectivity index (χ0) is 16.2. The van der Waals surface area contributed by atoms with E-state index in [-0.39, 0.29) is 24.3 Å². The summed E-state index contributed by atoms with van der Waals surface area (Å²) >= 11 is 1.68. The van der Waals surface area contributed by atoms with E-state index in [4.69, 9.17) is 9.47 Å². The Morgan fingerprint density at radius 2 is 2.35 bits per heavy atom. The Bertz CT molecular complexity index is 553. The summed E-state index contributed by atoms with van der Waals surface area (Å²) < 4.78 is 11.7. The Morgan fingerprint density at radius 3 is 2.96 bits per heavy atom. The summed E-state index contributed by atoms with van der Waals surface area (Å²) in [6.45, 7) is 4.21. The van der Waals surface area contributed by atoms with E-state index in [1.54, 1.807) is 16.2 Å². The van der Waals surface area contributed by atoms with Gasteiger partial charge in [-0.3, -0.25) is 4.79 Å². The molecule has 3 atom stereocenters. The number of rotatable bonds is 7. The molecule has 0 aliphatic carbocycles. The number of thiophene rings is 1. The summed E-state index contributed by atoms with van der Waals surface area (Å²) in [4.78, 5) is 15.4. The molecule has 0 saturated carbocycles. The van der Waals surface area contributed by atoms with Crippen LogP contribution in [-0.4, -0.2) is 48.5 Å². The van der Waals surface area contributed by atoms with Crippen LogP contribution in [-0.2, 0) is 14.3 Å². The molecule has 0 aromatic carbocycles. The largest absolute Gasteiger partial charge is 0.459 e. The average Bonchev–Trinajstić information content (AvgIpc) is 3.27. The smallest absolute Gasteiger partial charge is 0.288 e. The summed E-state index contributed by atoms with van der Waals surface area (Å²) in [5.74, 6) is 0.550. The molecule has 3 rings (SSSR count). The molecule has 0 spiro atoms. The van der Waals surface area contributed by atoms with Crippen molar-refractivity contribution in [3.8, 4) is 0 Å². The maximum Gasteiger partial charge on any atom is 0.288 e. The molecule has 1 aromatic rings. The van der Waals surface area contributed by atoms with Gasteiger partial charge in [-0.05, 0) is 37.3 Å². The molecule has 1 aromatic heterocycles. The van der Waals surface area contributed by atoms with E-state index in [0.717, 1.165) is 19.5 Å². The first-order valence-electron chi connectivity index (χ1n) is 8.18. The van der Waals surface area contributed by atoms with Gasteiger partial charge in [-0.2, -0.15) is 0 Å². The highest BCUT2D eigenvalue weighted by Crippen LogP contribution is 2.41. The maximum absolute atomic E-state index is 12.4. The second kappa shape index (κ2) is 7.47. The monoisotopic (exact) mass is 337 g/mol. The molecule has 126 valence electrons. The van der Waals surface area contributed by atoms with Crippen molar-refractivity contribution in [1.29, 1.82) is 0 Å². The molecule has 23 heavy (non-hydrogen) atoms. The summed E-state index contributed by atoms with van der Waals surface area (Å²) in [7, 11) is 0. The summed E-state index contributed by atoms with van der Waals surface area (Å²) in [5, 5.41) is 11.2. The van der Waals surface area contributed by atoms with Crippen LogP contribution in [0, 0.1) is 5.92 Å². The average molecular weight is 337 g/mol. The van der Waals surface area contributed by atoms with E-state index >= 15 is 0 Å². The highest BCUT2D eigenvalue weighted by atomic mass is 32.1. The molecular formula is C17H23NO4S. The zero-order valence-corrected chi connectivity index (χ0v) is 14.1. The fourth-order valence-corrected chi connectivity index (χ4v) is 3.85. The summed E-state index contributed by atoms with van der Waals surface area (Å²) in [5.41, 5.74) is 0. The zero-order valence-electron chi connectivity index (χ0n) is 13.3. The van der Waals surface area contributed by atoms with Crippen molar-refractivity contribution in [3.05, 3.63) is 34.2 Å². The van der Waals surface area contributed by atoms with Crippen molar-refractivity contribution in [2.75, 3.05) is 26.3 Å². The van der Waals surface area contributed by atoms with E-state index in [0.29, 0.717) is 18.8 Å². The van der Waals surface area contributed by atoms with E-state index in [2.05, 4.69) is 6.07 Å².